The van der Waals surface area contributed by atoms with Crippen molar-refractivity contribution in [3.05, 3.63) is 59.4 Å². The van der Waals surface area contributed by atoms with Crippen LogP contribution in [0.15, 0.2) is 46.7 Å². The number of aliphatic carboxylic acids is 2. The standard InChI is InChI=1S/C33H43FN6O6PS2.2C2HF3O2/c34-30-23-26(2-3-27(30)25-35)33(47(41,42)43)36-49(44,45)32-24-28-22-29(4-5-31(28)48-32)46-21-20-40-17-14-39(15-18-40,16-19-40)10-1-9-38-11-6-37(7-12-38)8-13-38;2*3-2(4,5)1(6)7/h2-5,22-24,33,36H,1,6-21H2;2*(H,6,7)/q+1;;/p-1. The Kier molecular flexibility index (Phi) is 15.3. The Bertz CT molecular complexity index is 2290. The summed E-state index contributed by atoms with van der Waals surface area (Å²) in [6, 6.07) is 11.0. The molecule has 3 aromatic rings. The van der Waals surface area contributed by atoms with Crippen molar-refractivity contribution < 1.29 is 96.4 Å². The molecular formula is C37H44F7N6O10PS2. The van der Waals surface area contributed by atoms with Crippen LogP contribution in [0, 0.1) is 17.1 Å². The molecule has 1 aromatic heterocycles. The van der Waals surface area contributed by atoms with Crippen molar-refractivity contribution in [2.75, 3.05) is 105 Å². The van der Waals surface area contributed by atoms with Crippen LogP contribution in [0.2, 0.25) is 0 Å². The normalized spacial score (nSPS) is 24.9. The van der Waals surface area contributed by atoms with Gasteiger partial charge in [-0.05, 0) is 54.9 Å². The molecule has 6 saturated heterocycles. The van der Waals surface area contributed by atoms with Crippen molar-refractivity contribution in [2.45, 2.75) is 28.8 Å². The third-order valence-corrected chi connectivity index (χ3v) is 16.5. The van der Waals surface area contributed by atoms with Crippen molar-refractivity contribution >= 4 is 51.0 Å². The van der Waals surface area contributed by atoms with Crippen LogP contribution in [-0.4, -0.2) is 151 Å². The summed E-state index contributed by atoms with van der Waals surface area (Å²) in [7, 11) is -10.1. The molecule has 1 unspecified atom stereocenters. The van der Waals surface area contributed by atoms with E-state index in [2.05, 4.69) is 0 Å². The van der Waals surface area contributed by atoms with E-state index in [4.69, 9.17) is 29.8 Å². The molecule has 16 nitrogen and oxygen atoms in total. The maximum atomic E-state index is 14.2. The zero-order valence-corrected chi connectivity index (χ0v) is 35.9. The summed E-state index contributed by atoms with van der Waals surface area (Å²) in [5.74, 6) is -8.71. The number of carbonyl (C=O) groups excluding carboxylic acids is 2. The van der Waals surface area contributed by atoms with Gasteiger partial charge >= 0.3 is 12.4 Å². The maximum absolute atomic E-state index is 14.2. The molecule has 2 N–H and O–H groups in total. The van der Waals surface area contributed by atoms with Crippen molar-refractivity contribution in [1.82, 2.24) is 4.72 Å². The van der Waals surface area contributed by atoms with Gasteiger partial charge in [0.15, 0.2) is 0 Å². The number of fused-ring (bicyclic) bond motifs is 7. The predicted octanol–water partition coefficient (Wildman–Crippen LogP) is -1.44. The van der Waals surface area contributed by atoms with Crippen LogP contribution >= 0.6 is 18.9 Å². The van der Waals surface area contributed by atoms with Gasteiger partial charge in [-0.2, -0.15) is 36.3 Å². The lowest BCUT2D eigenvalue weighted by molar-refractivity contribution is -1.09. The summed E-state index contributed by atoms with van der Waals surface area (Å²) in [6.07, 6.45) is -9.06. The third kappa shape index (κ3) is 12.9. The number of piperazine rings is 6. The molecule has 0 spiro atoms. The molecule has 0 saturated carbocycles. The number of carbonyl (C=O) groups is 2. The smallest absolute Gasteiger partial charge is 0.430 e. The number of carboxylic acid groups (broad SMARTS) is 2. The average Bonchev–Trinajstić information content (AvgIpc) is 3.66. The Labute approximate surface area is 361 Å². The number of quaternary nitrogens is 4. The summed E-state index contributed by atoms with van der Waals surface area (Å²) in [6.45, 7) is 19.5. The number of nitrogens with zero attached hydrogens (tertiary/aromatic N) is 4. The van der Waals surface area contributed by atoms with Crippen LogP contribution in [0.3, 0.4) is 0 Å². The monoisotopic (exact) mass is 960 g/mol. The fourth-order valence-corrected chi connectivity index (χ4v) is 12.4. The van der Waals surface area contributed by atoms with E-state index in [1.54, 1.807) is 24.3 Å². The summed E-state index contributed by atoms with van der Waals surface area (Å²) >= 11 is 0.917. The van der Waals surface area contributed by atoms with E-state index < -0.39 is 59.1 Å². The van der Waals surface area contributed by atoms with Gasteiger partial charge in [-0.25, -0.2) is 12.8 Å². The van der Waals surface area contributed by atoms with Gasteiger partial charge in [0.1, 0.15) is 125 Å². The molecule has 6 aliphatic heterocycles. The highest BCUT2D eigenvalue weighted by Crippen LogP contribution is 2.44. The van der Waals surface area contributed by atoms with Gasteiger partial charge < -0.3 is 57.2 Å². The Balaban J connectivity index is 0.000000463. The minimum atomic E-state index is -5.61. The Morgan fingerprint density at radius 3 is 1.78 bits per heavy atom. The van der Waals surface area contributed by atoms with E-state index in [0.717, 1.165) is 34.5 Å². The van der Waals surface area contributed by atoms with Crippen LogP contribution in [0.4, 0.5) is 30.7 Å². The minimum absolute atomic E-state index is 0.197. The molecule has 4 bridgehead atoms. The predicted molar refractivity (Wildman–Crippen MR) is 201 cm³/mol. The second kappa shape index (κ2) is 19.3. The lowest BCUT2D eigenvalue weighted by atomic mass is 10.1. The SMILES string of the molecule is N#Cc1ccc(C(NS(=O)(=O)c2cc3cc(OCC[N+]45CC[N+](CCC[N+]67CC[NH+](CC6)CC7)(CC4)CC5)ccc3s2)P(=O)([O-])[O-])cc1F.O=C([O-])C(F)(F)F.O=C([O-])C(F)(F)F. The molecule has 6 aliphatic rings. The first-order valence-corrected chi connectivity index (χ1v) is 23.5. The lowest BCUT2D eigenvalue weighted by Gasteiger charge is -2.56. The van der Waals surface area contributed by atoms with Crippen LogP contribution in [0.5, 0.6) is 5.75 Å². The van der Waals surface area contributed by atoms with E-state index in [-0.39, 0.29) is 9.77 Å². The van der Waals surface area contributed by atoms with Gasteiger partial charge in [0.2, 0.25) is 0 Å². The summed E-state index contributed by atoms with van der Waals surface area (Å²) < 4.78 is 128. The first-order valence-electron chi connectivity index (χ1n) is 19.5. The first-order chi connectivity index (χ1) is 29.2. The number of thiophene rings is 1. The van der Waals surface area contributed by atoms with E-state index in [1.807, 2.05) is 9.62 Å². The summed E-state index contributed by atoms with van der Waals surface area (Å²) in [4.78, 5) is 43.5. The molecule has 1 atom stereocenters. The number of hydrogen-bond donors (Lipinski definition) is 2. The average molecular weight is 961 g/mol. The molecule has 26 heteroatoms. The van der Waals surface area contributed by atoms with Crippen LogP contribution in [0.1, 0.15) is 23.3 Å². The highest BCUT2D eigenvalue weighted by Gasteiger charge is 2.49. The number of rotatable bonds is 13. The number of benzene rings is 2. The lowest BCUT2D eigenvalue weighted by Crippen LogP contribution is -3.19. The minimum Gasteiger partial charge on any atom is -0.809 e. The van der Waals surface area contributed by atoms with Gasteiger partial charge in [0.25, 0.3) is 10.0 Å². The molecule has 0 aliphatic carbocycles. The number of nitriles is 1. The Hall–Kier alpha value is -3.96. The molecule has 63 heavy (non-hydrogen) atoms. The quantitative estimate of drug-likeness (QED) is 0.115. The zero-order valence-electron chi connectivity index (χ0n) is 33.4. The van der Waals surface area contributed by atoms with E-state index in [0.29, 0.717) is 28.5 Å². The molecule has 7 heterocycles. The maximum Gasteiger partial charge on any atom is 0.430 e. The second-order valence-electron chi connectivity index (χ2n) is 16.2. The number of nitrogens with one attached hydrogen (secondary N) is 2. The van der Waals surface area contributed by atoms with Crippen LogP contribution in [0.25, 0.3) is 10.1 Å². The van der Waals surface area contributed by atoms with E-state index in [9.17, 15) is 53.5 Å². The van der Waals surface area contributed by atoms with E-state index in [1.165, 1.54) is 113 Å². The van der Waals surface area contributed by atoms with E-state index >= 15 is 0 Å². The number of carboxylic acids is 2. The van der Waals surface area contributed by atoms with Gasteiger partial charge in [0, 0.05) is 11.1 Å². The highest BCUT2D eigenvalue weighted by molar-refractivity contribution is 7.92. The highest BCUT2D eigenvalue weighted by atomic mass is 32.2. The summed E-state index contributed by atoms with van der Waals surface area (Å²) in [5, 5.41) is 27.1. The molecule has 0 radical (unpaired) electrons. The molecule has 0 amide bonds. The molecule has 348 valence electrons. The molecule has 9 rings (SSSR count). The van der Waals surface area contributed by atoms with Gasteiger partial charge in [-0.15, -0.1) is 11.3 Å². The fraction of sp³-hybridized carbons (Fsp3) is 0.541. The van der Waals surface area contributed by atoms with Gasteiger partial charge in [-0.1, -0.05) is 6.07 Å². The first kappa shape index (κ1) is 50.0. The van der Waals surface area contributed by atoms with Gasteiger partial charge in [-0.3, -0.25) is 0 Å². The largest absolute Gasteiger partial charge is 0.809 e. The van der Waals surface area contributed by atoms with Crippen LogP contribution in [-0.2, 0) is 24.2 Å². The number of alkyl halides is 6. The van der Waals surface area contributed by atoms with Crippen LogP contribution < -0.4 is 34.4 Å². The number of halogens is 7. The fourth-order valence-electron chi connectivity index (χ4n) is 8.48. The van der Waals surface area contributed by atoms with Gasteiger partial charge in [0.05, 0.1) is 24.4 Å². The molecule has 2 aromatic carbocycles. The number of hydrogen-bond acceptors (Lipinski definition) is 12. The number of ether oxygens (including phenoxy) is 1. The van der Waals surface area contributed by atoms with Crippen molar-refractivity contribution in [3.8, 4) is 11.8 Å². The topological polar surface area (TPSA) is 227 Å². The van der Waals surface area contributed by atoms with Crippen molar-refractivity contribution in [1.29, 1.82) is 5.26 Å². The van der Waals surface area contributed by atoms with Crippen molar-refractivity contribution in [3.63, 3.8) is 0 Å². The molecular weight excluding hydrogens is 917 g/mol. The zero-order chi connectivity index (χ0) is 46.6. The second-order valence-corrected chi connectivity index (χ2v) is 20.8. The Morgan fingerprint density at radius 2 is 1.32 bits per heavy atom. The molecule has 6 fully saturated rings. The number of sulfonamides is 1. The van der Waals surface area contributed by atoms with Crippen molar-refractivity contribution in [2.24, 2.45) is 0 Å². The summed E-state index contributed by atoms with van der Waals surface area (Å²) in [5.41, 5.74) is -0.777. The Morgan fingerprint density at radius 1 is 0.825 bits per heavy atom. The third-order valence-electron chi connectivity index (χ3n) is 12.3.